The topological polar surface area (TPSA) is 53.6 Å². The summed E-state index contributed by atoms with van der Waals surface area (Å²) in [6.07, 6.45) is 3.97. The molecule has 1 unspecified atom stereocenters. The summed E-state index contributed by atoms with van der Waals surface area (Å²) in [5.41, 5.74) is 0. The Labute approximate surface area is 133 Å². The number of halogens is 2. The smallest absolute Gasteiger partial charge is 0.239 e. The Bertz CT molecular complexity index is 291. The van der Waals surface area contributed by atoms with Gasteiger partial charge in [0.2, 0.25) is 5.91 Å². The van der Waals surface area contributed by atoms with E-state index in [9.17, 15) is 4.79 Å². The molecule has 1 atom stereocenters. The lowest BCUT2D eigenvalue weighted by atomic mass is 10.0. The Kier molecular flexibility index (Phi) is 10.2. The Hall–Kier alpha value is -0.330. The van der Waals surface area contributed by atoms with Crippen LogP contribution >= 0.6 is 24.8 Å². The molecule has 2 heterocycles. The second-order valence-electron chi connectivity index (χ2n) is 4.95. The largest absolute Gasteiger partial charge is 0.378 e. The van der Waals surface area contributed by atoms with Crippen LogP contribution in [0.3, 0.4) is 0 Å². The summed E-state index contributed by atoms with van der Waals surface area (Å²) in [5, 5.41) is 6.29. The van der Waals surface area contributed by atoms with Crippen LogP contribution in [0.1, 0.15) is 12.8 Å². The molecule has 0 saturated carbocycles. The lowest BCUT2D eigenvalue weighted by Crippen LogP contribution is -2.54. The van der Waals surface area contributed by atoms with E-state index in [4.69, 9.17) is 4.74 Å². The molecule has 0 bridgehead atoms. The van der Waals surface area contributed by atoms with Gasteiger partial charge in [-0.15, -0.1) is 31.4 Å². The van der Waals surface area contributed by atoms with Crippen molar-refractivity contribution in [3.05, 3.63) is 12.7 Å². The molecule has 0 radical (unpaired) electrons. The van der Waals surface area contributed by atoms with Crippen LogP contribution < -0.4 is 10.6 Å². The molecule has 7 heteroatoms. The zero-order valence-corrected chi connectivity index (χ0v) is 13.3. The molecule has 20 heavy (non-hydrogen) atoms. The highest BCUT2D eigenvalue weighted by Gasteiger charge is 2.25. The number of hydrogen-bond acceptors (Lipinski definition) is 4. The number of carbonyl (C=O) groups is 1. The Morgan fingerprint density at radius 2 is 2.10 bits per heavy atom. The van der Waals surface area contributed by atoms with Crippen molar-refractivity contribution < 1.29 is 9.53 Å². The van der Waals surface area contributed by atoms with Crippen molar-refractivity contribution in [2.75, 3.05) is 39.4 Å². The Morgan fingerprint density at radius 3 is 2.65 bits per heavy atom. The van der Waals surface area contributed by atoms with E-state index in [2.05, 4.69) is 22.1 Å². The molecular formula is C13H25Cl2N3O2. The van der Waals surface area contributed by atoms with Gasteiger partial charge in [0.25, 0.3) is 0 Å². The Morgan fingerprint density at radius 1 is 1.40 bits per heavy atom. The van der Waals surface area contributed by atoms with E-state index in [1.165, 1.54) is 0 Å². The zero-order chi connectivity index (χ0) is 12.8. The zero-order valence-electron chi connectivity index (χ0n) is 11.7. The molecule has 2 saturated heterocycles. The number of rotatable bonds is 4. The highest BCUT2D eigenvalue weighted by Crippen LogP contribution is 2.10. The Balaban J connectivity index is 0.00000180. The van der Waals surface area contributed by atoms with Crippen molar-refractivity contribution in [2.45, 2.75) is 24.9 Å². The first-order chi connectivity index (χ1) is 8.79. The third-order valence-electron chi connectivity index (χ3n) is 3.56. The van der Waals surface area contributed by atoms with Crippen LogP contribution in [-0.4, -0.2) is 62.3 Å². The lowest BCUT2D eigenvalue weighted by molar-refractivity contribution is -0.126. The van der Waals surface area contributed by atoms with E-state index < -0.39 is 0 Å². The van der Waals surface area contributed by atoms with Gasteiger partial charge in [-0.25, -0.2) is 0 Å². The van der Waals surface area contributed by atoms with Crippen molar-refractivity contribution in [3.63, 3.8) is 0 Å². The predicted molar refractivity (Wildman–Crippen MR) is 84.9 cm³/mol. The van der Waals surface area contributed by atoms with Gasteiger partial charge in [-0.2, -0.15) is 0 Å². The van der Waals surface area contributed by atoms with Gasteiger partial charge in [-0.3, -0.25) is 9.69 Å². The van der Waals surface area contributed by atoms with Crippen molar-refractivity contribution in [1.82, 2.24) is 15.5 Å². The van der Waals surface area contributed by atoms with Crippen LogP contribution in [0.2, 0.25) is 0 Å². The molecule has 0 aromatic heterocycles. The molecule has 2 aliphatic heterocycles. The molecule has 2 fully saturated rings. The number of likely N-dealkylation sites (tertiary alicyclic amines) is 1. The molecule has 1 amide bonds. The van der Waals surface area contributed by atoms with Crippen LogP contribution in [0.25, 0.3) is 0 Å². The van der Waals surface area contributed by atoms with Gasteiger partial charge in [0.15, 0.2) is 0 Å². The third-order valence-corrected chi connectivity index (χ3v) is 3.56. The number of carbonyl (C=O) groups excluding carboxylic acids is 1. The van der Waals surface area contributed by atoms with Crippen LogP contribution in [0.4, 0.5) is 0 Å². The molecule has 0 spiro atoms. The first kappa shape index (κ1) is 19.7. The summed E-state index contributed by atoms with van der Waals surface area (Å²) < 4.78 is 5.30. The number of hydrogen-bond donors (Lipinski definition) is 2. The minimum atomic E-state index is -0.176. The van der Waals surface area contributed by atoms with Crippen molar-refractivity contribution in [2.24, 2.45) is 0 Å². The number of nitrogens with one attached hydrogen (secondary N) is 2. The molecule has 2 N–H and O–H groups in total. The van der Waals surface area contributed by atoms with Gasteiger partial charge < -0.3 is 15.4 Å². The van der Waals surface area contributed by atoms with Gasteiger partial charge in [0.1, 0.15) is 6.04 Å². The second-order valence-corrected chi connectivity index (χ2v) is 4.95. The van der Waals surface area contributed by atoms with Gasteiger partial charge >= 0.3 is 0 Å². The fraction of sp³-hybridized carbons (Fsp3) is 0.769. The standard InChI is InChI=1S/C13H23N3O2.2ClH/c1-2-6-16-7-3-11(4-8-16)15-13(17)12-10-18-9-5-14-12;;/h2,11-12,14H,1,3-10H2,(H,15,17);2*1H. The summed E-state index contributed by atoms with van der Waals surface area (Å²) in [6, 6.07) is 0.132. The molecule has 2 aliphatic rings. The third kappa shape index (κ3) is 5.97. The maximum atomic E-state index is 12.0. The average molecular weight is 326 g/mol. The number of nitrogens with zero attached hydrogens (tertiary/aromatic N) is 1. The van der Waals surface area contributed by atoms with E-state index in [0.29, 0.717) is 19.3 Å². The van der Waals surface area contributed by atoms with Crippen molar-refractivity contribution in [1.29, 1.82) is 0 Å². The monoisotopic (exact) mass is 325 g/mol. The molecule has 0 aromatic rings. The van der Waals surface area contributed by atoms with Gasteiger partial charge in [0, 0.05) is 32.2 Å². The summed E-state index contributed by atoms with van der Waals surface area (Å²) in [5.74, 6) is 0.0804. The second kappa shape index (κ2) is 10.4. The maximum absolute atomic E-state index is 12.0. The number of piperidine rings is 1. The fourth-order valence-corrected chi connectivity index (χ4v) is 2.48. The summed E-state index contributed by atoms with van der Waals surface area (Å²) >= 11 is 0. The number of amides is 1. The van der Waals surface area contributed by atoms with Gasteiger partial charge in [0.05, 0.1) is 13.2 Å². The van der Waals surface area contributed by atoms with Crippen LogP contribution in [0.15, 0.2) is 12.7 Å². The minimum Gasteiger partial charge on any atom is -0.378 e. The van der Waals surface area contributed by atoms with E-state index in [1.807, 2.05) is 6.08 Å². The maximum Gasteiger partial charge on any atom is 0.239 e. The van der Waals surface area contributed by atoms with E-state index in [1.54, 1.807) is 0 Å². The van der Waals surface area contributed by atoms with E-state index in [0.717, 1.165) is 39.0 Å². The molecule has 2 rings (SSSR count). The van der Waals surface area contributed by atoms with Crippen molar-refractivity contribution >= 4 is 30.7 Å². The lowest BCUT2D eigenvalue weighted by Gasteiger charge is -2.33. The summed E-state index contributed by atoms with van der Waals surface area (Å²) in [4.78, 5) is 14.3. The number of morpholine rings is 1. The average Bonchev–Trinajstić information content (AvgIpc) is 2.42. The molecular weight excluding hydrogens is 301 g/mol. The quantitative estimate of drug-likeness (QED) is 0.743. The highest BCUT2D eigenvalue weighted by atomic mass is 35.5. The minimum absolute atomic E-state index is 0. The van der Waals surface area contributed by atoms with Crippen LogP contribution in [0.5, 0.6) is 0 Å². The predicted octanol–water partition coefficient (Wildman–Crippen LogP) is 0.585. The van der Waals surface area contributed by atoms with Crippen LogP contribution in [0, 0.1) is 0 Å². The summed E-state index contributed by atoms with van der Waals surface area (Å²) in [7, 11) is 0. The van der Waals surface area contributed by atoms with E-state index >= 15 is 0 Å². The van der Waals surface area contributed by atoms with E-state index in [-0.39, 0.29) is 36.8 Å². The first-order valence-corrected chi connectivity index (χ1v) is 6.74. The number of ether oxygens (including phenoxy) is 1. The van der Waals surface area contributed by atoms with Gasteiger partial charge in [-0.1, -0.05) is 6.08 Å². The molecule has 118 valence electrons. The van der Waals surface area contributed by atoms with Crippen molar-refractivity contribution in [3.8, 4) is 0 Å². The van der Waals surface area contributed by atoms with Gasteiger partial charge in [-0.05, 0) is 12.8 Å². The normalized spacial score (nSPS) is 24.1. The molecule has 0 aromatic carbocycles. The molecule has 5 nitrogen and oxygen atoms in total. The van der Waals surface area contributed by atoms with Crippen LogP contribution in [-0.2, 0) is 9.53 Å². The summed E-state index contributed by atoms with van der Waals surface area (Å²) in [6.45, 7) is 8.70. The fourth-order valence-electron chi connectivity index (χ4n) is 2.48. The first-order valence-electron chi connectivity index (χ1n) is 6.74. The molecule has 0 aliphatic carbocycles. The SMILES string of the molecule is C=CCN1CCC(NC(=O)C2COCCN2)CC1.Cl.Cl. The highest BCUT2D eigenvalue weighted by molar-refractivity contribution is 5.85.